The van der Waals surface area contributed by atoms with Crippen molar-refractivity contribution in [1.29, 1.82) is 0 Å². The van der Waals surface area contributed by atoms with Gasteiger partial charge in [-0.15, -0.1) is 0 Å². The Morgan fingerprint density at radius 2 is 2.42 bits per heavy atom. The van der Waals surface area contributed by atoms with E-state index >= 15 is 0 Å². The fraction of sp³-hybridized carbons (Fsp3) is 0.500. The zero-order valence-electron chi connectivity index (χ0n) is 6.96. The smallest absolute Gasteiger partial charge is 0.254 e. The van der Waals surface area contributed by atoms with Crippen LogP contribution in [0.25, 0.3) is 0 Å². The first-order valence-electron chi connectivity index (χ1n) is 3.93. The van der Waals surface area contributed by atoms with Crippen molar-refractivity contribution in [2.75, 3.05) is 26.7 Å². The third-order valence-electron chi connectivity index (χ3n) is 2.18. The van der Waals surface area contributed by atoms with Gasteiger partial charge in [0.15, 0.2) is 5.76 Å². The predicted molar refractivity (Wildman–Crippen MR) is 43.5 cm³/mol. The molecule has 2 rings (SSSR count). The van der Waals surface area contributed by atoms with E-state index in [2.05, 4.69) is 5.32 Å². The molecule has 4 nitrogen and oxygen atoms in total. The van der Waals surface area contributed by atoms with Crippen LogP contribution in [0.15, 0.2) is 23.1 Å². The third kappa shape index (κ3) is 1.04. The highest BCUT2D eigenvalue weighted by molar-refractivity contribution is 5.32. The van der Waals surface area contributed by atoms with E-state index in [1.54, 1.807) is 7.11 Å². The first-order chi connectivity index (χ1) is 5.81. The van der Waals surface area contributed by atoms with Gasteiger partial charge in [0, 0.05) is 21.8 Å². The first-order valence-corrected chi connectivity index (χ1v) is 3.93. The molecule has 0 atom stereocenters. The molecule has 4 heteroatoms. The van der Waals surface area contributed by atoms with E-state index in [0.717, 1.165) is 28.3 Å². The van der Waals surface area contributed by atoms with Gasteiger partial charge in [0.2, 0.25) is 0 Å². The van der Waals surface area contributed by atoms with E-state index in [1.807, 2.05) is 6.08 Å². The third-order valence-corrected chi connectivity index (χ3v) is 2.18. The summed E-state index contributed by atoms with van der Waals surface area (Å²) in [5.74, 6) is 0.743. The molecule has 0 radical (unpaired) electrons. The summed E-state index contributed by atoms with van der Waals surface area (Å²) in [6, 6.07) is 0. The minimum atomic E-state index is 0.344. The highest BCUT2D eigenvalue weighted by atomic mass is 16.5. The summed E-state index contributed by atoms with van der Waals surface area (Å²) in [5, 5.41) is 3.12. The second-order valence-corrected chi connectivity index (χ2v) is 2.93. The molecular weight excluding hydrogens is 156 g/mol. The van der Waals surface area contributed by atoms with Crippen LogP contribution < -0.4 is 5.32 Å². The lowest BCUT2D eigenvalue weighted by molar-refractivity contribution is -0.496. The van der Waals surface area contributed by atoms with Crippen LogP contribution in [0.5, 0.6) is 0 Å². The maximum absolute atomic E-state index is 11.3. The van der Waals surface area contributed by atoms with Crippen molar-refractivity contribution in [3.8, 4) is 0 Å². The SMILES string of the molecule is COC1=CC2=C(CNC2)[N+](=O)C1. The Kier molecular flexibility index (Phi) is 1.69. The molecule has 0 bridgehead atoms. The maximum Gasteiger partial charge on any atom is 0.254 e. The van der Waals surface area contributed by atoms with E-state index < -0.39 is 0 Å². The van der Waals surface area contributed by atoms with Crippen LogP contribution in [-0.4, -0.2) is 31.5 Å². The molecule has 2 aliphatic heterocycles. The van der Waals surface area contributed by atoms with Crippen LogP contribution in [0.1, 0.15) is 0 Å². The number of nitrogens with zero attached hydrogens (tertiary/aromatic N) is 1. The molecule has 64 valence electrons. The van der Waals surface area contributed by atoms with Crippen LogP contribution >= 0.6 is 0 Å². The van der Waals surface area contributed by atoms with Gasteiger partial charge in [0.05, 0.1) is 13.7 Å². The summed E-state index contributed by atoms with van der Waals surface area (Å²) < 4.78 is 6.02. The average Bonchev–Trinajstić information content (AvgIpc) is 2.52. The van der Waals surface area contributed by atoms with Gasteiger partial charge < -0.3 is 10.1 Å². The molecule has 0 saturated heterocycles. The molecule has 0 unspecified atom stereocenters. The lowest BCUT2D eigenvalue weighted by atomic mass is 10.1. The van der Waals surface area contributed by atoms with Gasteiger partial charge in [0.1, 0.15) is 0 Å². The summed E-state index contributed by atoms with van der Waals surface area (Å²) in [7, 11) is 1.59. The lowest BCUT2D eigenvalue weighted by Gasteiger charge is -2.05. The minimum Gasteiger partial charge on any atom is -0.494 e. The molecule has 0 aromatic rings. The van der Waals surface area contributed by atoms with Crippen LogP contribution in [0.2, 0.25) is 0 Å². The number of rotatable bonds is 1. The summed E-state index contributed by atoms with van der Waals surface area (Å²) in [5.41, 5.74) is 1.92. The molecule has 1 N–H and O–H groups in total. The maximum atomic E-state index is 11.3. The zero-order chi connectivity index (χ0) is 8.55. The Balaban J connectivity index is 2.33. The molecule has 0 saturated carbocycles. The van der Waals surface area contributed by atoms with E-state index in [9.17, 15) is 4.91 Å². The van der Waals surface area contributed by atoms with Crippen LogP contribution in [0.3, 0.4) is 0 Å². The predicted octanol–water partition coefficient (Wildman–Crippen LogP) is 0.167. The molecular formula is C8H11N2O2+. The molecule has 2 aliphatic rings. The second kappa shape index (κ2) is 2.71. The van der Waals surface area contributed by atoms with Crippen molar-refractivity contribution >= 4 is 0 Å². The molecule has 0 spiro atoms. The quantitative estimate of drug-likeness (QED) is 0.566. The second-order valence-electron chi connectivity index (χ2n) is 2.93. The van der Waals surface area contributed by atoms with E-state index in [1.165, 1.54) is 0 Å². The van der Waals surface area contributed by atoms with Crippen molar-refractivity contribution in [1.82, 2.24) is 5.32 Å². The van der Waals surface area contributed by atoms with E-state index in [4.69, 9.17) is 4.74 Å². The number of hydrogen-bond donors (Lipinski definition) is 1. The minimum absolute atomic E-state index is 0.344. The van der Waals surface area contributed by atoms with Gasteiger partial charge in [-0.1, -0.05) is 0 Å². The fourth-order valence-electron chi connectivity index (χ4n) is 1.51. The number of ether oxygens (including phenoxy) is 1. The molecule has 0 aliphatic carbocycles. The zero-order valence-corrected chi connectivity index (χ0v) is 6.96. The summed E-state index contributed by atoms with van der Waals surface area (Å²) in [6.45, 7) is 1.81. The van der Waals surface area contributed by atoms with Crippen molar-refractivity contribution in [3.05, 3.63) is 28.0 Å². The normalized spacial score (nSPS) is 22.4. The van der Waals surface area contributed by atoms with E-state index in [0.29, 0.717) is 13.1 Å². The molecule has 2 heterocycles. The largest absolute Gasteiger partial charge is 0.494 e. The number of methoxy groups -OCH3 is 1. The number of nitroso groups, excluding NO2 is 1. The molecule has 0 fully saturated rings. The van der Waals surface area contributed by atoms with Crippen molar-refractivity contribution in [3.63, 3.8) is 0 Å². The van der Waals surface area contributed by atoms with Crippen LogP contribution in [0.4, 0.5) is 0 Å². The van der Waals surface area contributed by atoms with Gasteiger partial charge in [0.25, 0.3) is 12.2 Å². The standard InChI is InChI=1S/C8H11N2O2/c1-12-7-2-6-3-9-4-8(6)10(11)5-7/h2,9H,3-5H2,1H3/q+1. The number of hydrogen-bond acceptors (Lipinski definition) is 3. The van der Waals surface area contributed by atoms with Gasteiger partial charge in [-0.25, -0.2) is 0 Å². The molecule has 0 amide bonds. The Labute approximate surface area is 70.5 Å². The fourth-order valence-corrected chi connectivity index (χ4v) is 1.51. The summed E-state index contributed by atoms with van der Waals surface area (Å²) in [4.78, 5) is 11.3. The molecule has 0 aromatic carbocycles. The van der Waals surface area contributed by atoms with Crippen LogP contribution in [-0.2, 0) is 4.74 Å². The first kappa shape index (κ1) is 7.49. The van der Waals surface area contributed by atoms with Crippen molar-refractivity contribution in [2.24, 2.45) is 0 Å². The van der Waals surface area contributed by atoms with E-state index in [-0.39, 0.29) is 0 Å². The monoisotopic (exact) mass is 167 g/mol. The lowest BCUT2D eigenvalue weighted by Crippen LogP contribution is -2.19. The Bertz CT molecular complexity index is 291. The highest BCUT2D eigenvalue weighted by Gasteiger charge is 2.32. The van der Waals surface area contributed by atoms with Crippen molar-refractivity contribution < 1.29 is 9.50 Å². The van der Waals surface area contributed by atoms with Crippen LogP contribution in [0, 0.1) is 4.91 Å². The topological polar surface area (TPSA) is 41.3 Å². The Hall–Kier alpha value is -1.16. The summed E-state index contributed by atoms with van der Waals surface area (Å²) in [6.07, 6.45) is 1.95. The highest BCUT2D eigenvalue weighted by Crippen LogP contribution is 2.19. The van der Waals surface area contributed by atoms with Gasteiger partial charge in [-0.3, -0.25) is 0 Å². The van der Waals surface area contributed by atoms with Gasteiger partial charge in [-0.05, 0) is 6.08 Å². The summed E-state index contributed by atoms with van der Waals surface area (Å²) >= 11 is 0. The Morgan fingerprint density at radius 3 is 3.17 bits per heavy atom. The average molecular weight is 167 g/mol. The Morgan fingerprint density at radius 1 is 1.58 bits per heavy atom. The molecule has 0 aromatic heterocycles. The number of nitrogens with one attached hydrogen (secondary N) is 1. The molecule has 12 heavy (non-hydrogen) atoms. The van der Waals surface area contributed by atoms with Gasteiger partial charge in [-0.2, -0.15) is 0 Å². The van der Waals surface area contributed by atoms with Gasteiger partial charge >= 0.3 is 0 Å². The van der Waals surface area contributed by atoms with Crippen molar-refractivity contribution in [2.45, 2.75) is 0 Å².